The Morgan fingerprint density at radius 1 is 1.00 bits per heavy atom. The van der Waals surface area contributed by atoms with Crippen LogP contribution in [-0.2, 0) is 4.52 Å². The van der Waals surface area contributed by atoms with Crippen molar-refractivity contribution in [3.05, 3.63) is 0 Å². The minimum atomic E-state index is -0.0667. The van der Waals surface area contributed by atoms with Gasteiger partial charge in [-0.1, -0.05) is 26.7 Å². The van der Waals surface area contributed by atoms with Crippen LogP contribution in [-0.4, -0.2) is 18.9 Å². The zero-order valence-electron chi connectivity index (χ0n) is 8.10. The van der Waals surface area contributed by atoms with E-state index in [0.29, 0.717) is 0 Å². The van der Waals surface area contributed by atoms with E-state index >= 15 is 0 Å². The maximum atomic E-state index is 5.65. The van der Waals surface area contributed by atoms with Gasteiger partial charge in [-0.25, -0.2) is 0 Å². The van der Waals surface area contributed by atoms with Crippen LogP contribution in [0.2, 0.25) is 0 Å². The van der Waals surface area contributed by atoms with Crippen molar-refractivity contribution in [3.8, 4) is 0 Å². The first-order valence-electron chi connectivity index (χ1n) is 4.73. The van der Waals surface area contributed by atoms with Gasteiger partial charge < -0.3 is 4.52 Å². The van der Waals surface area contributed by atoms with Crippen LogP contribution in [0.25, 0.3) is 0 Å². The van der Waals surface area contributed by atoms with Crippen molar-refractivity contribution in [1.29, 1.82) is 0 Å². The van der Waals surface area contributed by atoms with Crippen LogP contribution in [0.3, 0.4) is 0 Å². The Labute approximate surface area is 72.4 Å². The minimum Gasteiger partial charge on any atom is -0.360 e. The fourth-order valence-corrected chi connectivity index (χ4v) is 3.02. The third-order valence-corrected chi connectivity index (χ3v) is 3.93. The maximum absolute atomic E-state index is 5.65. The fraction of sp³-hybridized carbons (Fsp3) is 1.00. The molecule has 68 valence electrons. The summed E-state index contributed by atoms with van der Waals surface area (Å²) in [5.41, 5.74) is 0. The van der Waals surface area contributed by atoms with Gasteiger partial charge in [-0.3, -0.25) is 0 Å². The van der Waals surface area contributed by atoms with Crippen LogP contribution in [0.4, 0.5) is 0 Å². The molecule has 2 heteroatoms. The first kappa shape index (κ1) is 11.4. The predicted octanol–water partition coefficient (Wildman–Crippen LogP) is 3.63. The van der Waals surface area contributed by atoms with E-state index in [1.807, 2.05) is 0 Å². The third-order valence-electron chi connectivity index (χ3n) is 1.55. The number of rotatable bonds is 7. The van der Waals surface area contributed by atoms with E-state index in [9.17, 15) is 0 Å². The molecule has 0 radical (unpaired) electrons. The Morgan fingerprint density at radius 3 is 2.18 bits per heavy atom. The summed E-state index contributed by atoms with van der Waals surface area (Å²) in [6.07, 6.45) is 6.52. The summed E-state index contributed by atoms with van der Waals surface area (Å²) in [5, 5.41) is 0. The van der Waals surface area contributed by atoms with E-state index in [0.717, 1.165) is 6.61 Å². The van der Waals surface area contributed by atoms with Gasteiger partial charge in [-0.15, -0.1) is 0 Å². The highest BCUT2D eigenvalue weighted by Crippen LogP contribution is 2.38. The topological polar surface area (TPSA) is 9.23 Å². The Balaban J connectivity index is 3.34. The molecular weight excluding hydrogens is 155 g/mol. The first-order chi connectivity index (χ1) is 5.35. The predicted molar refractivity (Wildman–Crippen MR) is 53.5 cm³/mol. The smallest absolute Gasteiger partial charge is 0.0480 e. The van der Waals surface area contributed by atoms with Gasteiger partial charge in [0.1, 0.15) is 0 Å². The molecule has 0 saturated carbocycles. The number of hydrogen-bond acceptors (Lipinski definition) is 1. The summed E-state index contributed by atoms with van der Waals surface area (Å²) >= 11 is 0. The van der Waals surface area contributed by atoms with Gasteiger partial charge in [0.25, 0.3) is 0 Å². The second-order valence-corrected chi connectivity index (χ2v) is 4.82. The normalized spacial score (nSPS) is 13.4. The van der Waals surface area contributed by atoms with Crippen LogP contribution in [0.15, 0.2) is 0 Å². The van der Waals surface area contributed by atoms with Crippen LogP contribution in [0.5, 0.6) is 0 Å². The molecular formula is C9H21OP. The molecule has 0 heterocycles. The lowest BCUT2D eigenvalue weighted by molar-refractivity contribution is 0.376. The highest BCUT2D eigenvalue weighted by atomic mass is 31.1. The zero-order chi connectivity index (χ0) is 8.53. The van der Waals surface area contributed by atoms with Crippen LogP contribution < -0.4 is 0 Å². The average Bonchev–Trinajstić information content (AvgIpc) is 2.01. The Bertz CT molecular complexity index is 70.0. The third kappa shape index (κ3) is 6.77. The van der Waals surface area contributed by atoms with Crippen LogP contribution in [0.1, 0.15) is 40.0 Å². The molecule has 0 saturated heterocycles. The molecule has 1 unspecified atom stereocenters. The molecule has 0 amide bonds. The van der Waals surface area contributed by atoms with Crippen molar-refractivity contribution in [2.24, 2.45) is 0 Å². The van der Waals surface area contributed by atoms with E-state index < -0.39 is 0 Å². The highest BCUT2D eigenvalue weighted by molar-refractivity contribution is 7.52. The summed E-state index contributed by atoms with van der Waals surface area (Å²) in [5.74, 6) is 0. The van der Waals surface area contributed by atoms with Gasteiger partial charge in [-0.05, 0) is 25.7 Å². The molecule has 0 aromatic heterocycles. The standard InChI is InChI=1S/C9H21OP/c1-4-7-9-11(8-5-2)10-6-3/h4-9H2,1-3H3. The second kappa shape index (κ2) is 8.49. The van der Waals surface area contributed by atoms with Crippen LogP contribution in [0, 0.1) is 0 Å². The van der Waals surface area contributed by atoms with E-state index in [1.165, 1.54) is 31.6 Å². The van der Waals surface area contributed by atoms with Gasteiger partial charge in [0.05, 0.1) is 0 Å². The van der Waals surface area contributed by atoms with E-state index in [-0.39, 0.29) is 8.15 Å². The summed E-state index contributed by atoms with van der Waals surface area (Å²) in [4.78, 5) is 0. The van der Waals surface area contributed by atoms with Gasteiger partial charge in [0.15, 0.2) is 0 Å². The summed E-state index contributed by atoms with van der Waals surface area (Å²) < 4.78 is 5.65. The lowest BCUT2D eigenvalue weighted by Gasteiger charge is -2.14. The van der Waals surface area contributed by atoms with Crippen molar-refractivity contribution in [1.82, 2.24) is 0 Å². The molecule has 11 heavy (non-hydrogen) atoms. The lowest BCUT2D eigenvalue weighted by Crippen LogP contribution is -1.93. The largest absolute Gasteiger partial charge is 0.360 e. The van der Waals surface area contributed by atoms with Crippen molar-refractivity contribution < 1.29 is 4.52 Å². The number of unbranched alkanes of at least 4 members (excludes halogenated alkanes) is 1. The monoisotopic (exact) mass is 176 g/mol. The summed E-state index contributed by atoms with van der Waals surface area (Å²) in [7, 11) is -0.0667. The SMILES string of the molecule is CCCCP(CCC)OCC. The van der Waals surface area contributed by atoms with E-state index in [4.69, 9.17) is 4.52 Å². The quantitative estimate of drug-likeness (QED) is 0.538. The van der Waals surface area contributed by atoms with Gasteiger partial charge in [0, 0.05) is 14.8 Å². The summed E-state index contributed by atoms with van der Waals surface area (Å²) in [6, 6.07) is 0. The molecule has 0 spiro atoms. The molecule has 1 nitrogen and oxygen atoms in total. The van der Waals surface area contributed by atoms with E-state index in [1.54, 1.807) is 0 Å². The molecule has 0 rings (SSSR count). The maximum Gasteiger partial charge on any atom is 0.0480 e. The van der Waals surface area contributed by atoms with Crippen molar-refractivity contribution >= 4 is 8.15 Å². The molecule has 1 atom stereocenters. The van der Waals surface area contributed by atoms with Gasteiger partial charge in [-0.2, -0.15) is 0 Å². The molecule has 0 aromatic rings. The molecule has 0 aliphatic rings. The molecule has 0 N–H and O–H groups in total. The molecule has 0 fully saturated rings. The Hall–Kier alpha value is 0.390. The first-order valence-corrected chi connectivity index (χ1v) is 6.36. The van der Waals surface area contributed by atoms with Crippen molar-refractivity contribution in [2.75, 3.05) is 18.9 Å². The van der Waals surface area contributed by atoms with Crippen molar-refractivity contribution in [2.45, 2.75) is 40.0 Å². The average molecular weight is 176 g/mol. The molecule has 0 aliphatic heterocycles. The minimum absolute atomic E-state index is 0.0667. The second-order valence-electron chi connectivity index (χ2n) is 2.70. The van der Waals surface area contributed by atoms with E-state index in [2.05, 4.69) is 20.8 Å². The summed E-state index contributed by atoms with van der Waals surface area (Å²) in [6.45, 7) is 7.47. The fourth-order valence-electron chi connectivity index (χ4n) is 1.01. The Kier molecular flexibility index (Phi) is 8.79. The molecule has 0 aromatic carbocycles. The lowest BCUT2D eigenvalue weighted by atomic mass is 10.4. The van der Waals surface area contributed by atoms with Gasteiger partial charge >= 0.3 is 0 Å². The van der Waals surface area contributed by atoms with Gasteiger partial charge in [0.2, 0.25) is 0 Å². The highest BCUT2D eigenvalue weighted by Gasteiger charge is 2.04. The van der Waals surface area contributed by atoms with Crippen molar-refractivity contribution in [3.63, 3.8) is 0 Å². The van der Waals surface area contributed by atoms with Crippen LogP contribution >= 0.6 is 8.15 Å². The molecule has 0 bridgehead atoms. The zero-order valence-corrected chi connectivity index (χ0v) is 8.99. The Morgan fingerprint density at radius 2 is 1.73 bits per heavy atom. The number of hydrogen-bond donors (Lipinski definition) is 0. The molecule has 0 aliphatic carbocycles.